The fraction of sp³-hybridized carbons (Fsp3) is 0.229. The fourth-order valence-electron chi connectivity index (χ4n) is 6.36. The first kappa shape index (κ1) is 28.6. The third-order valence-corrected chi connectivity index (χ3v) is 8.96. The quantitative estimate of drug-likeness (QED) is 0.257. The van der Waals surface area contributed by atoms with E-state index in [0.29, 0.717) is 48.6 Å². The molecule has 5 heterocycles. The van der Waals surface area contributed by atoms with E-state index in [1.807, 2.05) is 89.9 Å². The lowest BCUT2D eigenvalue weighted by Crippen LogP contribution is -2.42. The molecular weight excluding hydrogens is 588 g/mol. The average molecular weight is 619 g/mol. The molecule has 0 aliphatic carbocycles. The molecule has 6 aromatic rings. The van der Waals surface area contributed by atoms with Crippen LogP contribution in [0.2, 0.25) is 5.02 Å². The van der Waals surface area contributed by atoms with Gasteiger partial charge in [-0.25, -0.2) is 9.78 Å². The minimum atomic E-state index is -0.389. The predicted molar refractivity (Wildman–Crippen MR) is 174 cm³/mol. The van der Waals surface area contributed by atoms with Crippen LogP contribution in [-0.2, 0) is 13.5 Å². The molecule has 7 rings (SSSR count). The van der Waals surface area contributed by atoms with Gasteiger partial charge in [0.2, 0.25) is 5.88 Å². The van der Waals surface area contributed by atoms with Crippen LogP contribution in [0.25, 0.3) is 16.6 Å². The number of hydrogen-bond donors (Lipinski definition) is 2. The van der Waals surface area contributed by atoms with Crippen molar-refractivity contribution in [1.82, 2.24) is 28.4 Å². The molecule has 45 heavy (non-hydrogen) atoms. The van der Waals surface area contributed by atoms with E-state index in [1.165, 1.54) is 4.57 Å². The van der Waals surface area contributed by atoms with Crippen molar-refractivity contribution in [2.24, 2.45) is 7.05 Å². The summed E-state index contributed by atoms with van der Waals surface area (Å²) >= 11 is 6.42. The Hall–Kier alpha value is -5.20. The zero-order chi connectivity index (χ0) is 31.2. The highest BCUT2D eigenvalue weighted by atomic mass is 35.5. The maximum atomic E-state index is 13.7. The number of H-pyrrole nitrogens is 1. The number of aromatic nitrogens is 5. The van der Waals surface area contributed by atoms with Crippen LogP contribution < -0.4 is 5.69 Å². The Morgan fingerprint density at radius 1 is 1.16 bits per heavy atom. The molecule has 4 aromatic heterocycles. The van der Waals surface area contributed by atoms with E-state index in [9.17, 15) is 14.7 Å². The van der Waals surface area contributed by atoms with Gasteiger partial charge in [-0.1, -0.05) is 41.8 Å². The lowest BCUT2D eigenvalue weighted by Gasteiger charge is -2.33. The summed E-state index contributed by atoms with van der Waals surface area (Å²) in [5.74, 6) is 6.18. The summed E-state index contributed by atoms with van der Waals surface area (Å²) in [6.45, 7) is 2.84. The molecule has 0 saturated carbocycles. The van der Waals surface area contributed by atoms with Crippen molar-refractivity contribution in [3.8, 4) is 17.7 Å². The van der Waals surface area contributed by atoms with Crippen LogP contribution in [0.5, 0.6) is 5.88 Å². The smallest absolute Gasteiger partial charge is 0.328 e. The first-order valence-electron chi connectivity index (χ1n) is 14.9. The van der Waals surface area contributed by atoms with E-state index in [4.69, 9.17) is 11.6 Å². The number of benzene rings is 2. The second-order valence-electron chi connectivity index (χ2n) is 11.6. The lowest BCUT2D eigenvalue weighted by atomic mass is 10.0. The van der Waals surface area contributed by atoms with Gasteiger partial charge in [-0.2, -0.15) is 0 Å². The first-order chi connectivity index (χ1) is 21.8. The number of aryl methyl sites for hydroxylation is 2. The zero-order valence-corrected chi connectivity index (χ0v) is 25.7. The number of hydrogen-bond acceptors (Lipinski definition) is 4. The maximum absolute atomic E-state index is 13.7. The summed E-state index contributed by atoms with van der Waals surface area (Å²) in [5.41, 5.74) is 5.74. The van der Waals surface area contributed by atoms with Gasteiger partial charge in [-0.15, -0.1) is 0 Å². The van der Waals surface area contributed by atoms with Crippen LogP contribution >= 0.6 is 11.6 Å². The standard InChI is InChI=1S/C35H31ClN6O3/c1-22-11-12-24(17-23(22)13-14-26-19-37-31-10-3-4-16-41(26)31)33(43)40-15-6-7-27(21-40)42-34(44)30(38-35(42)45)18-25-20-39(2)32-28(25)8-5-9-29(32)36/h3-5,8-12,16-17,19-20,27,44H,6-7,15,18,21H2,1-2H3,(H,38,45). The molecule has 1 aliphatic rings. The molecule has 9 nitrogen and oxygen atoms in total. The molecule has 0 bridgehead atoms. The minimum absolute atomic E-state index is 0.0985. The molecule has 1 fully saturated rings. The summed E-state index contributed by atoms with van der Waals surface area (Å²) in [6.07, 6.45) is 7.33. The van der Waals surface area contributed by atoms with Gasteiger partial charge in [0.25, 0.3) is 5.91 Å². The average Bonchev–Trinajstić information content (AvgIpc) is 3.69. The molecule has 10 heteroatoms. The largest absolute Gasteiger partial charge is 0.493 e. The van der Waals surface area contributed by atoms with Crippen molar-refractivity contribution < 1.29 is 9.90 Å². The monoisotopic (exact) mass is 618 g/mol. The minimum Gasteiger partial charge on any atom is -0.493 e. The third kappa shape index (κ3) is 5.17. The van der Waals surface area contributed by atoms with Crippen molar-refractivity contribution in [3.05, 3.63) is 122 Å². The maximum Gasteiger partial charge on any atom is 0.328 e. The number of nitrogens with zero attached hydrogens (tertiary/aromatic N) is 5. The normalized spacial score (nSPS) is 15.0. The fourth-order valence-corrected chi connectivity index (χ4v) is 6.67. The number of halogens is 1. The number of imidazole rings is 2. The van der Waals surface area contributed by atoms with Crippen molar-refractivity contribution in [3.63, 3.8) is 0 Å². The number of amides is 1. The number of pyridine rings is 1. The summed E-state index contributed by atoms with van der Waals surface area (Å²) < 4.78 is 5.27. The van der Waals surface area contributed by atoms with Crippen molar-refractivity contribution in [2.45, 2.75) is 32.2 Å². The van der Waals surface area contributed by atoms with Gasteiger partial charge in [0.05, 0.1) is 28.5 Å². The van der Waals surface area contributed by atoms with E-state index in [-0.39, 0.29) is 23.5 Å². The number of fused-ring (bicyclic) bond motifs is 2. The number of para-hydroxylation sites is 1. The van der Waals surface area contributed by atoms with Gasteiger partial charge < -0.3 is 19.6 Å². The van der Waals surface area contributed by atoms with Crippen LogP contribution in [0.3, 0.4) is 0 Å². The highest BCUT2D eigenvalue weighted by Gasteiger charge is 2.29. The second kappa shape index (κ2) is 11.4. The molecule has 226 valence electrons. The first-order valence-corrected chi connectivity index (χ1v) is 15.2. The Balaban J connectivity index is 1.12. The van der Waals surface area contributed by atoms with Crippen LogP contribution in [0.1, 0.15) is 57.3 Å². The Morgan fingerprint density at radius 3 is 2.89 bits per heavy atom. The number of carbonyl (C=O) groups excluding carboxylic acids is 1. The molecule has 1 atom stereocenters. The van der Waals surface area contributed by atoms with Crippen molar-refractivity contribution >= 4 is 34.1 Å². The van der Waals surface area contributed by atoms with Gasteiger partial charge in [0.15, 0.2) is 0 Å². The predicted octanol–water partition coefficient (Wildman–Crippen LogP) is 5.45. The lowest BCUT2D eigenvalue weighted by molar-refractivity contribution is 0.0673. The number of nitrogens with one attached hydrogen (secondary N) is 1. The van der Waals surface area contributed by atoms with Gasteiger partial charge in [0, 0.05) is 55.5 Å². The number of aromatic hydroxyl groups is 1. The Morgan fingerprint density at radius 2 is 2.02 bits per heavy atom. The number of rotatable bonds is 4. The summed E-state index contributed by atoms with van der Waals surface area (Å²) in [5, 5.41) is 12.9. The number of likely N-dealkylation sites (tertiary alicyclic amines) is 1. The summed E-state index contributed by atoms with van der Waals surface area (Å²) in [4.78, 5) is 35.9. The molecular formula is C35H31ClN6O3. The topological polar surface area (TPSA) is 101 Å². The van der Waals surface area contributed by atoms with Crippen LogP contribution in [-0.4, -0.2) is 52.5 Å². The molecule has 2 N–H and O–H groups in total. The van der Waals surface area contributed by atoms with Crippen LogP contribution in [0.4, 0.5) is 0 Å². The molecule has 2 aromatic carbocycles. The number of carbonyl (C=O) groups is 1. The van der Waals surface area contributed by atoms with E-state index >= 15 is 0 Å². The van der Waals surface area contributed by atoms with Gasteiger partial charge >= 0.3 is 5.69 Å². The second-order valence-corrected chi connectivity index (χ2v) is 12.0. The molecule has 1 aliphatic heterocycles. The van der Waals surface area contributed by atoms with Crippen molar-refractivity contribution in [1.29, 1.82) is 0 Å². The van der Waals surface area contributed by atoms with Crippen LogP contribution in [0.15, 0.2) is 78.0 Å². The highest BCUT2D eigenvalue weighted by Crippen LogP contribution is 2.32. The molecule has 1 amide bonds. The van der Waals surface area contributed by atoms with E-state index in [1.54, 1.807) is 11.1 Å². The molecule has 1 saturated heterocycles. The Kier molecular flexibility index (Phi) is 7.22. The van der Waals surface area contributed by atoms with Gasteiger partial charge in [-0.3, -0.25) is 13.8 Å². The van der Waals surface area contributed by atoms with Gasteiger partial charge in [0.1, 0.15) is 11.3 Å². The third-order valence-electron chi connectivity index (χ3n) is 8.65. The zero-order valence-electron chi connectivity index (χ0n) is 24.9. The number of aromatic amines is 1. The Labute approximate surface area is 264 Å². The molecule has 0 spiro atoms. The number of piperidine rings is 1. The van der Waals surface area contributed by atoms with Gasteiger partial charge in [-0.05, 0) is 67.1 Å². The van der Waals surface area contributed by atoms with E-state index in [0.717, 1.165) is 38.9 Å². The van der Waals surface area contributed by atoms with E-state index < -0.39 is 0 Å². The van der Waals surface area contributed by atoms with Crippen molar-refractivity contribution in [2.75, 3.05) is 13.1 Å². The molecule has 1 unspecified atom stereocenters. The summed E-state index contributed by atoms with van der Waals surface area (Å²) in [6, 6.07) is 16.7. The highest BCUT2D eigenvalue weighted by molar-refractivity contribution is 6.35. The Bertz CT molecular complexity index is 2230. The SMILES string of the molecule is Cc1ccc(C(=O)N2CCCC(n3c(O)c(Cc4cn(C)c5c(Cl)cccc45)[nH]c3=O)C2)cc1C#Cc1cnc2ccccn12. The summed E-state index contributed by atoms with van der Waals surface area (Å²) in [7, 11) is 1.92. The molecule has 0 radical (unpaired) electrons. The van der Waals surface area contributed by atoms with Crippen LogP contribution in [0, 0.1) is 18.8 Å². The van der Waals surface area contributed by atoms with E-state index in [2.05, 4.69) is 21.8 Å².